The van der Waals surface area contributed by atoms with E-state index in [-0.39, 0.29) is 16.7 Å². The zero-order chi connectivity index (χ0) is 13.0. The van der Waals surface area contributed by atoms with Crippen LogP contribution in [0.2, 0.25) is 0 Å². The zero-order valence-corrected chi connectivity index (χ0v) is 8.84. The predicted molar refractivity (Wildman–Crippen MR) is 55.1 cm³/mol. The molecule has 0 aliphatic carbocycles. The van der Waals surface area contributed by atoms with Gasteiger partial charge in [0.25, 0.3) is 5.69 Å². The van der Waals surface area contributed by atoms with Gasteiger partial charge < -0.3 is 9.84 Å². The third-order valence-electron chi connectivity index (χ3n) is 2.07. The Labute approximate surface area is 96.0 Å². The molecule has 0 fully saturated rings. The number of aliphatic hydroxyl groups is 1. The molecular formula is C10H8N2O5. The van der Waals surface area contributed by atoms with Crippen molar-refractivity contribution in [3.8, 4) is 6.07 Å². The normalized spacial score (nSPS) is 9.47. The SMILES string of the molecule is COC(=O)c1cc(CO)cc([N+](=O)[O-])c1C#N. The number of benzene rings is 1. The van der Waals surface area contributed by atoms with Gasteiger partial charge in [0.2, 0.25) is 0 Å². The van der Waals surface area contributed by atoms with E-state index in [2.05, 4.69) is 4.74 Å². The van der Waals surface area contributed by atoms with Gasteiger partial charge in [0.15, 0.2) is 0 Å². The molecule has 0 unspecified atom stereocenters. The van der Waals surface area contributed by atoms with E-state index in [1.54, 1.807) is 6.07 Å². The summed E-state index contributed by atoms with van der Waals surface area (Å²) in [5, 5.41) is 28.5. The Morgan fingerprint density at radius 3 is 2.71 bits per heavy atom. The standard InChI is InChI=1S/C10H8N2O5/c1-17-10(14)7-2-6(5-13)3-9(12(15)16)8(7)4-11/h2-3,13H,5H2,1H3. The molecule has 0 saturated heterocycles. The fraction of sp³-hybridized carbons (Fsp3) is 0.200. The minimum atomic E-state index is -0.861. The van der Waals surface area contributed by atoms with Gasteiger partial charge in [-0.25, -0.2) is 4.79 Å². The molecule has 88 valence electrons. The number of methoxy groups -OCH3 is 1. The van der Waals surface area contributed by atoms with Crippen LogP contribution < -0.4 is 0 Å². The molecule has 0 aromatic heterocycles. The molecule has 1 aromatic rings. The summed E-state index contributed by atoms with van der Waals surface area (Å²) in [6, 6.07) is 3.83. The quantitative estimate of drug-likeness (QED) is 0.470. The van der Waals surface area contributed by atoms with E-state index in [1.165, 1.54) is 6.07 Å². The van der Waals surface area contributed by atoms with Crippen molar-refractivity contribution < 1.29 is 19.6 Å². The molecule has 0 atom stereocenters. The van der Waals surface area contributed by atoms with Crippen LogP contribution in [0, 0.1) is 21.4 Å². The Balaban J connectivity index is 3.57. The largest absolute Gasteiger partial charge is 0.465 e. The van der Waals surface area contributed by atoms with Gasteiger partial charge >= 0.3 is 5.97 Å². The number of hydrogen-bond acceptors (Lipinski definition) is 6. The van der Waals surface area contributed by atoms with Crippen molar-refractivity contribution in [2.75, 3.05) is 7.11 Å². The summed E-state index contributed by atoms with van der Waals surface area (Å²) in [4.78, 5) is 21.3. The number of hydrogen-bond donors (Lipinski definition) is 1. The van der Waals surface area contributed by atoms with Gasteiger partial charge in [-0.2, -0.15) is 5.26 Å². The average molecular weight is 236 g/mol. The van der Waals surface area contributed by atoms with Crippen LogP contribution in [0.1, 0.15) is 21.5 Å². The first kappa shape index (κ1) is 12.6. The number of nitro benzene ring substituents is 1. The summed E-state index contributed by atoms with van der Waals surface area (Å²) < 4.78 is 4.42. The highest BCUT2D eigenvalue weighted by atomic mass is 16.6. The second kappa shape index (κ2) is 5.05. The van der Waals surface area contributed by atoms with Crippen molar-refractivity contribution in [2.45, 2.75) is 6.61 Å². The van der Waals surface area contributed by atoms with Crippen molar-refractivity contribution in [3.05, 3.63) is 38.9 Å². The number of nitrogens with zero attached hydrogens (tertiary/aromatic N) is 2. The third kappa shape index (κ3) is 2.38. The lowest BCUT2D eigenvalue weighted by atomic mass is 10.0. The number of nitro groups is 1. The highest BCUT2D eigenvalue weighted by molar-refractivity contribution is 5.94. The van der Waals surface area contributed by atoms with E-state index >= 15 is 0 Å². The third-order valence-corrected chi connectivity index (χ3v) is 2.07. The Morgan fingerprint density at radius 2 is 2.29 bits per heavy atom. The molecule has 1 rings (SSSR count). The summed E-state index contributed by atoms with van der Waals surface area (Å²) >= 11 is 0. The maximum atomic E-state index is 11.4. The number of carbonyl (C=O) groups excluding carboxylic acids is 1. The van der Waals surface area contributed by atoms with E-state index in [0.29, 0.717) is 0 Å². The van der Waals surface area contributed by atoms with Crippen LogP contribution in [0.25, 0.3) is 0 Å². The van der Waals surface area contributed by atoms with E-state index in [4.69, 9.17) is 10.4 Å². The second-order valence-corrected chi connectivity index (χ2v) is 3.06. The van der Waals surface area contributed by atoms with Gasteiger partial charge in [-0.15, -0.1) is 0 Å². The maximum absolute atomic E-state index is 11.4. The lowest BCUT2D eigenvalue weighted by Gasteiger charge is -2.05. The summed E-state index contributed by atoms with van der Waals surface area (Å²) in [6.07, 6.45) is 0. The van der Waals surface area contributed by atoms with E-state index in [0.717, 1.165) is 13.2 Å². The van der Waals surface area contributed by atoms with Crippen LogP contribution in [0.3, 0.4) is 0 Å². The molecule has 17 heavy (non-hydrogen) atoms. The molecule has 1 aromatic carbocycles. The summed E-state index contributed by atoms with van der Waals surface area (Å²) in [6.45, 7) is -0.476. The van der Waals surface area contributed by atoms with Gasteiger partial charge in [-0.1, -0.05) is 0 Å². The van der Waals surface area contributed by atoms with Gasteiger partial charge in [0.05, 0.1) is 24.2 Å². The first-order chi connectivity index (χ1) is 8.04. The number of aliphatic hydroxyl groups excluding tert-OH is 1. The number of rotatable bonds is 3. The Bertz CT molecular complexity index is 518. The molecule has 1 N–H and O–H groups in total. The zero-order valence-electron chi connectivity index (χ0n) is 8.84. The van der Waals surface area contributed by atoms with Crippen molar-refractivity contribution in [3.63, 3.8) is 0 Å². The summed E-state index contributed by atoms with van der Waals surface area (Å²) in [5.74, 6) is -0.861. The molecule has 0 aliphatic heterocycles. The molecular weight excluding hydrogens is 228 g/mol. The van der Waals surface area contributed by atoms with Crippen LogP contribution in [0.15, 0.2) is 12.1 Å². The highest BCUT2D eigenvalue weighted by Gasteiger charge is 2.23. The van der Waals surface area contributed by atoms with E-state index in [9.17, 15) is 14.9 Å². The van der Waals surface area contributed by atoms with Crippen LogP contribution in [0.4, 0.5) is 5.69 Å². The first-order valence-corrected chi connectivity index (χ1v) is 4.45. The molecule has 0 spiro atoms. The molecule has 7 heteroatoms. The van der Waals surface area contributed by atoms with E-state index in [1.807, 2.05) is 0 Å². The van der Waals surface area contributed by atoms with Crippen molar-refractivity contribution in [1.82, 2.24) is 0 Å². The molecule has 7 nitrogen and oxygen atoms in total. The van der Waals surface area contributed by atoms with Crippen LogP contribution in [-0.4, -0.2) is 23.1 Å². The topological polar surface area (TPSA) is 113 Å². The fourth-order valence-electron chi connectivity index (χ4n) is 1.31. The smallest absolute Gasteiger partial charge is 0.339 e. The van der Waals surface area contributed by atoms with Gasteiger partial charge in [-0.05, 0) is 11.6 Å². The molecule has 0 radical (unpaired) electrons. The first-order valence-electron chi connectivity index (χ1n) is 4.45. The lowest BCUT2D eigenvalue weighted by Crippen LogP contribution is -2.08. The van der Waals surface area contributed by atoms with Crippen LogP contribution in [-0.2, 0) is 11.3 Å². The Hall–Kier alpha value is -2.46. The summed E-state index contributed by atoms with van der Waals surface area (Å²) in [5.41, 5.74) is -0.970. The van der Waals surface area contributed by atoms with Gasteiger partial charge in [0.1, 0.15) is 11.6 Å². The number of esters is 1. The highest BCUT2D eigenvalue weighted by Crippen LogP contribution is 2.24. The van der Waals surface area contributed by atoms with Gasteiger partial charge in [0, 0.05) is 6.07 Å². The van der Waals surface area contributed by atoms with Gasteiger partial charge in [-0.3, -0.25) is 10.1 Å². The summed E-state index contributed by atoms with van der Waals surface area (Å²) in [7, 11) is 1.10. The number of ether oxygens (including phenoxy) is 1. The second-order valence-electron chi connectivity index (χ2n) is 3.06. The van der Waals surface area contributed by atoms with Crippen LogP contribution >= 0.6 is 0 Å². The molecule has 0 aliphatic rings. The average Bonchev–Trinajstić information content (AvgIpc) is 2.35. The van der Waals surface area contributed by atoms with Crippen molar-refractivity contribution >= 4 is 11.7 Å². The van der Waals surface area contributed by atoms with Crippen LogP contribution in [0.5, 0.6) is 0 Å². The lowest BCUT2D eigenvalue weighted by molar-refractivity contribution is -0.385. The van der Waals surface area contributed by atoms with Crippen molar-refractivity contribution in [2.24, 2.45) is 0 Å². The number of carbonyl (C=O) groups is 1. The minimum Gasteiger partial charge on any atom is -0.465 e. The number of nitriles is 1. The molecule has 0 heterocycles. The van der Waals surface area contributed by atoms with E-state index < -0.39 is 23.2 Å². The molecule has 0 saturated carbocycles. The predicted octanol–water partition coefficient (Wildman–Crippen LogP) is 0.745. The monoisotopic (exact) mass is 236 g/mol. The fourth-order valence-corrected chi connectivity index (χ4v) is 1.31. The Kier molecular flexibility index (Phi) is 3.74. The molecule has 0 amide bonds. The molecule has 0 bridgehead atoms. The maximum Gasteiger partial charge on any atom is 0.339 e. The Morgan fingerprint density at radius 1 is 1.65 bits per heavy atom. The van der Waals surface area contributed by atoms with Crippen molar-refractivity contribution in [1.29, 1.82) is 5.26 Å². The minimum absolute atomic E-state index is 0.163.